The molecular weight excluding hydrogens is 292 g/mol. The predicted molar refractivity (Wildman–Crippen MR) is 80.5 cm³/mol. The van der Waals surface area contributed by atoms with Gasteiger partial charge in [0.05, 0.1) is 5.69 Å². The van der Waals surface area contributed by atoms with E-state index in [4.69, 9.17) is 5.14 Å². The third-order valence-corrected chi connectivity index (χ3v) is 4.05. The van der Waals surface area contributed by atoms with Gasteiger partial charge < -0.3 is 4.90 Å². The van der Waals surface area contributed by atoms with Gasteiger partial charge in [-0.3, -0.25) is 9.89 Å². The van der Waals surface area contributed by atoms with E-state index in [-0.39, 0.29) is 22.4 Å². The SMILES string of the molecule is CCN(CC(C)C)C(=O)c1n[nH]c(C(C)C)c1S(N)(=O)=O. The number of aromatic nitrogens is 2. The lowest BCUT2D eigenvalue weighted by atomic mass is 10.1. The van der Waals surface area contributed by atoms with Crippen molar-refractivity contribution < 1.29 is 13.2 Å². The average molecular weight is 316 g/mol. The number of carbonyl (C=O) groups is 1. The van der Waals surface area contributed by atoms with Crippen LogP contribution in [0.1, 0.15) is 56.7 Å². The van der Waals surface area contributed by atoms with E-state index in [0.29, 0.717) is 18.8 Å². The number of nitrogens with zero attached hydrogens (tertiary/aromatic N) is 2. The molecule has 1 rings (SSSR count). The molecule has 1 aromatic heterocycles. The highest BCUT2D eigenvalue weighted by Gasteiger charge is 2.30. The van der Waals surface area contributed by atoms with Crippen molar-refractivity contribution in [2.24, 2.45) is 11.1 Å². The van der Waals surface area contributed by atoms with Crippen molar-refractivity contribution in [3.05, 3.63) is 11.4 Å². The third kappa shape index (κ3) is 4.04. The van der Waals surface area contributed by atoms with Crippen LogP contribution in [0.3, 0.4) is 0 Å². The molecule has 0 fully saturated rings. The average Bonchev–Trinajstić information content (AvgIpc) is 2.79. The zero-order chi connectivity index (χ0) is 16.4. The summed E-state index contributed by atoms with van der Waals surface area (Å²) >= 11 is 0. The molecular formula is C13H24N4O3S. The number of carbonyl (C=O) groups excluding carboxylic acids is 1. The summed E-state index contributed by atoms with van der Waals surface area (Å²) in [7, 11) is -4.02. The number of rotatable bonds is 6. The number of nitrogens with two attached hydrogens (primary N) is 1. The van der Waals surface area contributed by atoms with E-state index in [0.717, 1.165) is 0 Å². The van der Waals surface area contributed by atoms with Crippen molar-refractivity contribution in [2.45, 2.75) is 45.4 Å². The lowest BCUT2D eigenvalue weighted by Gasteiger charge is -2.22. The smallest absolute Gasteiger partial charge is 0.275 e. The van der Waals surface area contributed by atoms with Crippen LogP contribution in [0.15, 0.2) is 4.90 Å². The van der Waals surface area contributed by atoms with Gasteiger partial charge in [-0.05, 0) is 18.8 Å². The monoisotopic (exact) mass is 316 g/mol. The lowest BCUT2D eigenvalue weighted by molar-refractivity contribution is 0.0736. The molecule has 0 unspecified atom stereocenters. The summed E-state index contributed by atoms with van der Waals surface area (Å²) in [4.78, 5) is 13.9. The molecule has 0 saturated heterocycles. The van der Waals surface area contributed by atoms with Crippen LogP contribution >= 0.6 is 0 Å². The molecule has 0 radical (unpaired) electrons. The number of primary sulfonamides is 1. The van der Waals surface area contributed by atoms with E-state index in [1.165, 1.54) is 0 Å². The highest BCUT2D eigenvalue weighted by Crippen LogP contribution is 2.24. The third-order valence-electron chi connectivity index (χ3n) is 3.07. The van der Waals surface area contributed by atoms with Crippen LogP contribution in [0.2, 0.25) is 0 Å². The Bertz CT molecular complexity index is 605. The first-order chi connectivity index (χ1) is 9.59. The number of aromatic amines is 1. The predicted octanol–water partition coefficient (Wildman–Crippen LogP) is 1.30. The van der Waals surface area contributed by atoms with Gasteiger partial charge in [0.1, 0.15) is 4.90 Å². The highest BCUT2D eigenvalue weighted by molar-refractivity contribution is 7.89. The van der Waals surface area contributed by atoms with Crippen molar-refractivity contribution in [3.8, 4) is 0 Å². The first kappa shape index (κ1) is 17.6. The topological polar surface area (TPSA) is 109 Å². The van der Waals surface area contributed by atoms with Crippen LogP contribution < -0.4 is 5.14 Å². The Balaban J connectivity index is 3.34. The van der Waals surface area contributed by atoms with Crippen molar-refractivity contribution in [2.75, 3.05) is 13.1 Å². The molecule has 0 aliphatic carbocycles. The second-order valence-corrected chi connectivity index (χ2v) is 7.25. The quantitative estimate of drug-likeness (QED) is 0.824. The zero-order valence-corrected chi connectivity index (χ0v) is 14.0. The standard InChI is InChI=1S/C13H24N4O3S/c1-6-17(7-8(2)3)13(18)11-12(21(14,19)20)10(9(4)5)15-16-11/h8-9H,6-7H2,1-5H3,(H,15,16)(H2,14,19,20). The summed E-state index contributed by atoms with van der Waals surface area (Å²) in [6, 6.07) is 0. The molecule has 1 amide bonds. The minimum absolute atomic E-state index is 0.122. The van der Waals surface area contributed by atoms with Gasteiger partial charge in [-0.15, -0.1) is 0 Å². The molecule has 8 heteroatoms. The molecule has 0 atom stereocenters. The van der Waals surface area contributed by atoms with Gasteiger partial charge in [-0.25, -0.2) is 13.6 Å². The number of hydrogen-bond donors (Lipinski definition) is 2. The van der Waals surface area contributed by atoms with Crippen molar-refractivity contribution in [1.82, 2.24) is 15.1 Å². The Hall–Kier alpha value is -1.41. The summed E-state index contributed by atoms with van der Waals surface area (Å²) in [5.41, 5.74) is 0.241. The summed E-state index contributed by atoms with van der Waals surface area (Å²) in [5, 5.41) is 11.8. The van der Waals surface area contributed by atoms with Crippen LogP contribution in [0.4, 0.5) is 0 Å². The molecule has 1 heterocycles. The van der Waals surface area contributed by atoms with E-state index in [1.807, 2.05) is 34.6 Å². The van der Waals surface area contributed by atoms with Gasteiger partial charge in [0, 0.05) is 13.1 Å². The summed E-state index contributed by atoms with van der Waals surface area (Å²) < 4.78 is 23.6. The molecule has 0 saturated carbocycles. The fraction of sp³-hybridized carbons (Fsp3) is 0.692. The van der Waals surface area contributed by atoms with Crippen molar-refractivity contribution in [3.63, 3.8) is 0 Å². The number of hydrogen-bond acceptors (Lipinski definition) is 4. The van der Waals surface area contributed by atoms with Gasteiger partial charge >= 0.3 is 0 Å². The Morgan fingerprint density at radius 3 is 2.29 bits per heavy atom. The van der Waals surface area contributed by atoms with Crippen LogP contribution in [-0.4, -0.2) is 42.5 Å². The number of H-pyrrole nitrogens is 1. The largest absolute Gasteiger partial charge is 0.337 e. The second kappa shape index (κ2) is 6.57. The molecule has 0 aliphatic rings. The summed E-state index contributed by atoms with van der Waals surface area (Å²) in [6.45, 7) is 10.4. The van der Waals surface area contributed by atoms with Gasteiger partial charge in [0.25, 0.3) is 5.91 Å². The Morgan fingerprint density at radius 1 is 1.33 bits per heavy atom. The molecule has 7 nitrogen and oxygen atoms in total. The Labute approximate surface area is 126 Å². The first-order valence-corrected chi connectivity index (χ1v) is 8.54. The fourth-order valence-corrected chi connectivity index (χ4v) is 3.11. The van der Waals surface area contributed by atoms with Crippen molar-refractivity contribution >= 4 is 15.9 Å². The van der Waals surface area contributed by atoms with Crippen LogP contribution in [-0.2, 0) is 10.0 Å². The van der Waals surface area contributed by atoms with E-state index in [9.17, 15) is 13.2 Å². The number of sulfonamides is 1. The van der Waals surface area contributed by atoms with Crippen LogP contribution in [0, 0.1) is 5.92 Å². The van der Waals surface area contributed by atoms with Crippen LogP contribution in [0.25, 0.3) is 0 Å². The number of nitrogens with one attached hydrogen (secondary N) is 1. The second-order valence-electron chi connectivity index (χ2n) is 5.75. The highest BCUT2D eigenvalue weighted by atomic mass is 32.2. The molecule has 0 aliphatic heterocycles. The molecule has 1 aromatic rings. The van der Waals surface area contributed by atoms with Gasteiger partial charge in [0.15, 0.2) is 5.69 Å². The summed E-state index contributed by atoms with van der Waals surface area (Å²) in [5.74, 6) is -0.277. The van der Waals surface area contributed by atoms with Crippen molar-refractivity contribution in [1.29, 1.82) is 0 Å². The molecule has 21 heavy (non-hydrogen) atoms. The van der Waals surface area contributed by atoms with E-state index in [1.54, 1.807) is 4.90 Å². The van der Waals surface area contributed by atoms with E-state index >= 15 is 0 Å². The maximum atomic E-state index is 12.5. The minimum Gasteiger partial charge on any atom is -0.337 e. The maximum absolute atomic E-state index is 12.5. The molecule has 0 aromatic carbocycles. The normalized spacial score (nSPS) is 12.2. The maximum Gasteiger partial charge on any atom is 0.275 e. The van der Waals surface area contributed by atoms with Crippen LogP contribution in [0.5, 0.6) is 0 Å². The molecule has 0 spiro atoms. The van der Waals surface area contributed by atoms with Gasteiger partial charge in [-0.1, -0.05) is 27.7 Å². The first-order valence-electron chi connectivity index (χ1n) is 6.99. The Kier molecular flexibility index (Phi) is 5.52. The zero-order valence-electron chi connectivity index (χ0n) is 13.2. The Morgan fingerprint density at radius 2 is 1.90 bits per heavy atom. The lowest BCUT2D eigenvalue weighted by Crippen LogP contribution is -2.35. The van der Waals surface area contributed by atoms with Gasteiger partial charge in [0.2, 0.25) is 10.0 Å². The summed E-state index contributed by atoms with van der Waals surface area (Å²) in [6.07, 6.45) is 0. The molecule has 3 N–H and O–H groups in total. The van der Waals surface area contributed by atoms with E-state index < -0.39 is 15.9 Å². The molecule has 120 valence electrons. The molecule has 0 bridgehead atoms. The van der Waals surface area contributed by atoms with E-state index in [2.05, 4.69) is 10.2 Å². The fourth-order valence-electron chi connectivity index (χ4n) is 2.12. The number of amides is 1. The van der Waals surface area contributed by atoms with Gasteiger partial charge in [-0.2, -0.15) is 5.10 Å². The minimum atomic E-state index is -4.02.